The summed E-state index contributed by atoms with van der Waals surface area (Å²) in [6, 6.07) is 6.78. The number of hydrogen-bond acceptors (Lipinski definition) is 5. The van der Waals surface area contributed by atoms with Gasteiger partial charge in [0.05, 0.1) is 24.6 Å². The van der Waals surface area contributed by atoms with E-state index in [1.54, 1.807) is 45.2 Å². The Morgan fingerprint density at radius 1 is 1.32 bits per heavy atom. The van der Waals surface area contributed by atoms with Crippen molar-refractivity contribution in [3.8, 4) is 5.75 Å². The summed E-state index contributed by atoms with van der Waals surface area (Å²) in [5, 5.41) is 16.6. The second-order valence-electron chi connectivity index (χ2n) is 4.90. The smallest absolute Gasteiger partial charge is 0.244 e. The number of sulfonamides is 1. The molecule has 1 unspecified atom stereocenters. The summed E-state index contributed by atoms with van der Waals surface area (Å²) in [6.45, 7) is 3.12. The molecule has 120 valence electrons. The summed E-state index contributed by atoms with van der Waals surface area (Å²) in [4.78, 5) is 0.120. The number of aliphatic hydroxyl groups is 1. The zero-order valence-electron chi connectivity index (χ0n) is 12.6. The van der Waals surface area contributed by atoms with Crippen LogP contribution in [0.1, 0.15) is 23.1 Å². The van der Waals surface area contributed by atoms with E-state index in [1.807, 2.05) is 0 Å². The zero-order valence-corrected chi connectivity index (χ0v) is 13.4. The van der Waals surface area contributed by atoms with Crippen molar-refractivity contribution < 1.29 is 18.3 Å². The van der Waals surface area contributed by atoms with Crippen molar-refractivity contribution in [2.75, 3.05) is 13.7 Å². The molecule has 0 amide bonds. The second kappa shape index (κ2) is 6.47. The van der Waals surface area contributed by atoms with Crippen LogP contribution in [-0.4, -0.2) is 37.4 Å². The maximum absolute atomic E-state index is 12.3. The van der Waals surface area contributed by atoms with Gasteiger partial charge in [-0.25, -0.2) is 13.1 Å². The maximum Gasteiger partial charge on any atom is 0.244 e. The molecule has 1 atom stereocenters. The first-order chi connectivity index (χ1) is 10.3. The maximum atomic E-state index is 12.3. The van der Waals surface area contributed by atoms with Crippen molar-refractivity contribution in [3.05, 3.63) is 41.2 Å². The minimum Gasteiger partial charge on any atom is -0.497 e. The van der Waals surface area contributed by atoms with Gasteiger partial charge in [-0.15, -0.1) is 0 Å². The molecule has 1 aromatic heterocycles. The summed E-state index contributed by atoms with van der Waals surface area (Å²) >= 11 is 0. The number of nitrogens with zero attached hydrogens (tertiary/aromatic N) is 1. The Kier molecular flexibility index (Phi) is 4.84. The van der Waals surface area contributed by atoms with Crippen LogP contribution in [0.5, 0.6) is 5.75 Å². The predicted molar refractivity (Wildman–Crippen MR) is 81.2 cm³/mol. The van der Waals surface area contributed by atoms with Gasteiger partial charge in [-0.1, -0.05) is 12.1 Å². The molecule has 0 fully saturated rings. The molecule has 0 aliphatic heterocycles. The van der Waals surface area contributed by atoms with E-state index in [9.17, 15) is 13.5 Å². The topological polar surface area (TPSA) is 104 Å². The highest BCUT2D eigenvalue weighted by atomic mass is 32.2. The molecule has 8 heteroatoms. The van der Waals surface area contributed by atoms with Crippen molar-refractivity contribution in [2.24, 2.45) is 0 Å². The molecule has 0 saturated heterocycles. The number of aromatic nitrogens is 2. The average Bonchev–Trinajstić information content (AvgIpc) is 2.84. The van der Waals surface area contributed by atoms with Gasteiger partial charge in [0.1, 0.15) is 10.6 Å². The Balaban J connectivity index is 2.08. The van der Waals surface area contributed by atoms with E-state index in [1.165, 1.54) is 0 Å². The summed E-state index contributed by atoms with van der Waals surface area (Å²) in [6.07, 6.45) is -0.951. The fraction of sp³-hybridized carbons (Fsp3) is 0.357. The van der Waals surface area contributed by atoms with Gasteiger partial charge in [0.15, 0.2) is 0 Å². The van der Waals surface area contributed by atoms with Crippen LogP contribution < -0.4 is 9.46 Å². The summed E-state index contributed by atoms with van der Waals surface area (Å²) < 4.78 is 32.0. The van der Waals surface area contributed by atoms with E-state index >= 15 is 0 Å². The largest absolute Gasteiger partial charge is 0.497 e. The lowest BCUT2D eigenvalue weighted by atomic mass is 10.1. The number of aromatic amines is 1. The highest BCUT2D eigenvalue weighted by Gasteiger charge is 2.23. The molecule has 0 aliphatic carbocycles. The Labute approximate surface area is 129 Å². The fourth-order valence-electron chi connectivity index (χ4n) is 2.14. The van der Waals surface area contributed by atoms with Crippen molar-refractivity contribution in [1.82, 2.24) is 14.9 Å². The first-order valence-electron chi connectivity index (χ1n) is 6.68. The third-order valence-corrected chi connectivity index (χ3v) is 4.98. The molecular formula is C14H19N3O4S. The number of nitrogens with one attached hydrogen (secondary N) is 2. The molecule has 1 heterocycles. The number of benzene rings is 1. The molecule has 0 spiro atoms. The lowest BCUT2D eigenvalue weighted by Gasteiger charge is -2.13. The second-order valence-corrected chi connectivity index (χ2v) is 6.61. The zero-order chi connectivity index (χ0) is 16.3. The number of hydrogen-bond donors (Lipinski definition) is 3. The predicted octanol–water partition coefficient (Wildman–Crippen LogP) is 1.05. The van der Waals surface area contributed by atoms with E-state index < -0.39 is 16.1 Å². The van der Waals surface area contributed by atoms with Crippen molar-refractivity contribution in [1.29, 1.82) is 0 Å². The minimum absolute atomic E-state index is 0.120. The molecule has 2 rings (SSSR count). The molecule has 1 aromatic carbocycles. The Morgan fingerprint density at radius 2 is 1.95 bits per heavy atom. The van der Waals surface area contributed by atoms with Crippen LogP contribution in [0.2, 0.25) is 0 Å². The van der Waals surface area contributed by atoms with Gasteiger partial charge >= 0.3 is 0 Å². The number of methoxy groups -OCH3 is 1. The van der Waals surface area contributed by atoms with E-state index in [2.05, 4.69) is 14.9 Å². The van der Waals surface area contributed by atoms with Crippen molar-refractivity contribution in [3.63, 3.8) is 0 Å². The summed E-state index contributed by atoms with van der Waals surface area (Å²) in [5.74, 6) is 0.668. The van der Waals surface area contributed by atoms with Crippen LogP contribution in [-0.2, 0) is 10.0 Å². The third-order valence-electron chi connectivity index (χ3n) is 3.30. The molecule has 0 bridgehead atoms. The lowest BCUT2D eigenvalue weighted by Crippen LogP contribution is -2.29. The van der Waals surface area contributed by atoms with Crippen LogP contribution >= 0.6 is 0 Å². The molecule has 0 radical (unpaired) electrons. The van der Waals surface area contributed by atoms with Crippen molar-refractivity contribution >= 4 is 10.0 Å². The number of aryl methyl sites for hydroxylation is 2. The van der Waals surface area contributed by atoms with Gasteiger partial charge in [-0.2, -0.15) is 5.10 Å². The number of aliphatic hydroxyl groups excluding tert-OH is 1. The van der Waals surface area contributed by atoms with Crippen LogP contribution in [0.4, 0.5) is 0 Å². The Morgan fingerprint density at radius 3 is 2.45 bits per heavy atom. The van der Waals surface area contributed by atoms with Crippen LogP contribution in [0.15, 0.2) is 29.2 Å². The quantitative estimate of drug-likeness (QED) is 0.736. The van der Waals surface area contributed by atoms with Gasteiger partial charge in [0.2, 0.25) is 10.0 Å². The average molecular weight is 325 g/mol. The molecule has 3 N–H and O–H groups in total. The van der Waals surface area contributed by atoms with Crippen LogP contribution in [0, 0.1) is 13.8 Å². The number of ether oxygens (including phenoxy) is 1. The first-order valence-corrected chi connectivity index (χ1v) is 8.16. The normalized spacial score (nSPS) is 13.1. The van der Waals surface area contributed by atoms with Gasteiger partial charge in [0, 0.05) is 6.54 Å². The standard InChI is InChI=1S/C14H19N3O4S/c1-9-14(10(2)17-16-9)22(19,20)15-8-13(18)11-4-6-12(21-3)7-5-11/h4-7,13,15,18H,8H2,1-3H3,(H,16,17). The lowest BCUT2D eigenvalue weighted by molar-refractivity contribution is 0.182. The van der Waals surface area contributed by atoms with Gasteiger partial charge in [-0.05, 0) is 31.5 Å². The molecule has 0 aliphatic rings. The van der Waals surface area contributed by atoms with E-state index in [0.717, 1.165) is 0 Å². The third kappa shape index (κ3) is 3.46. The SMILES string of the molecule is COc1ccc(C(O)CNS(=O)(=O)c2c(C)n[nH]c2C)cc1. The highest BCUT2D eigenvalue weighted by Crippen LogP contribution is 2.19. The van der Waals surface area contributed by atoms with Gasteiger partial charge in [0.25, 0.3) is 0 Å². The van der Waals surface area contributed by atoms with Gasteiger partial charge in [-0.3, -0.25) is 5.10 Å². The van der Waals surface area contributed by atoms with Crippen molar-refractivity contribution in [2.45, 2.75) is 24.8 Å². The van der Waals surface area contributed by atoms with E-state index in [-0.39, 0.29) is 11.4 Å². The number of H-pyrrole nitrogens is 1. The fourth-order valence-corrected chi connectivity index (χ4v) is 3.55. The Hall–Kier alpha value is -1.90. The molecule has 7 nitrogen and oxygen atoms in total. The first kappa shape index (κ1) is 16.5. The summed E-state index contributed by atoms with van der Waals surface area (Å²) in [7, 11) is -2.17. The highest BCUT2D eigenvalue weighted by molar-refractivity contribution is 7.89. The molecule has 0 saturated carbocycles. The monoisotopic (exact) mass is 325 g/mol. The number of rotatable bonds is 6. The molecular weight excluding hydrogens is 306 g/mol. The molecule has 2 aromatic rings. The van der Waals surface area contributed by atoms with E-state index in [4.69, 9.17) is 4.74 Å². The van der Waals surface area contributed by atoms with Gasteiger partial charge < -0.3 is 9.84 Å². The minimum atomic E-state index is -3.72. The summed E-state index contributed by atoms with van der Waals surface area (Å²) in [5.41, 5.74) is 1.46. The van der Waals surface area contributed by atoms with Crippen LogP contribution in [0.25, 0.3) is 0 Å². The Bertz CT molecular complexity index is 718. The van der Waals surface area contributed by atoms with Crippen LogP contribution in [0.3, 0.4) is 0 Å². The van der Waals surface area contributed by atoms with E-state index in [0.29, 0.717) is 22.7 Å². The molecule has 22 heavy (non-hydrogen) atoms.